The van der Waals surface area contributed by atoms with Crippen LogP contribution in [0.2, 0.25) is 0 Å². The Labute approximate surface area is 113 Å². The summed E-state index contributed by atoms with van der Waals surface area (Å²) in [5.74, 6) is -0.837. The van der Waals surface area contributed by atoms with E-state index < -0.39 is 5.97 Å². The molecule has 108 valence electrons. The van der Waals surface area contributed by atoms with Crippen LogP contribution in [0.4, 0.5) is 4.79 Å². The fourth-order valence-electron chi connectivity index (χ4n) is 2.85. The highest BCUT2D eigenvalue weighted by molar-refractivity contribution is 5.76. The maximum atomic E-state index is 12.5. The highest BCUT2D eigenvalue weighted by atomic mass is 16.5. The summed E-state index contributed by atoms with van der Waals surface area (Å²) in [7, 11) is 1.79. The first-order valence-electron chi connectivity index (χ1n) is 6.92. The minimum Gasteiger partial charge on any atom is -0.481 e. The molecule has 0 radical (unpaired) electrons. The second kappa shape index (κ2) is 6.23. The number of ether oxygens (including phenoxy) is 1. The molecule has 0 spiro atoms. The van der Waals surface area contributed by atoms with Gasteiger partial charge in [0.2, 0.25) is 0 Å². The number of carbonyl (C=O) groups excluding carboxylic acids is 1. The normalized spacial score (nSPS) is 27.3. The Morgan fingerprint density at radius 3 is 2.79 bits per heavy atom. The van der Waals surface area contributed by atoms with Gasteiger partial charge in [0, 0.05) is 26.2 Å². The Bertz CT molecular complexity index is 342. The lowest BCUT2D eigenvalue weighted by Crippen LogP contribution is -2.52. The molecule has 6 nitrogen and oxygen atoms in total. The molecule has 0 aliphatic carbocycles. The lowest BCUT2D eigenvalue weighted by atomic mass is 9.99. The van der Waals surface area contributed by atoms with Crippen LogP contribution in [-0.4, -0.2) is 65.8 Å². The van der Waals surface area contributed by atoms with Crippen molar-refractivity contribution in [3.05, 3.63) is 0 Å². The van der Waals surface area contributed by atoms with Gasteiger partial charge in [-0.3, -0.25) is 4.79 Å². The van der Waals surface area contributed by atoms with Crippen LogP contribution in [0, 0.1) is 0 Å². The molecule has 1 N–H and O–H groups in total. The molecule has 2 atom stereocenters. The van der Waals surface area contributed by atoms with Crippen molar-refractivity contribution in [2.24, 2.45) is 0 Å². The van der Waals surface area contributed by atoms with Crippen molar-refractivity contribution >= 4 is 12.0 Å². The van der Waals surface area contributed by atoms with E-state index in [2.05, 4.69) is 0 Å². The van der Waals surface area contributed by atoms with E-state index in [-0.39, 0.29) is 24.5 Å². The van der Waals surface area contributed by atoms with Crippen LogP contribution in [0.1, 0.15) is 32.1 Å². The summed E-state index contributed by atoms with van der Waals surface area (Å²) in [6.07, 6.45) is 3.64. The summed E-state index contributed by atoms with van der Waals surface area (Å²) in [6, 6.07) is -0.0927. The number of carboxylic acid groups (broad SMARTS) is 1. The fraction of sp³-hybridized carbons (Fsp3) is 0.846. The van der Waals surface area contributed by atoms with E-state index in [0.29, 0.717) is 19.8 Å². The Balaban J connectivity index is 1.99. The minimum atomic E-state index is -0.837. The summed E-state index contributed by atoms with van der Waals surface area (Å²) in [4.78, 5) is 26.8. The first-order chi connectivity index (χ1) is 9.09. The minimum absolute atomic E-state index is 0.0424. The lowest BCUT2D eigenvalue weighted by Gasteiger charge is -2.38. The van der Waals surface area contributed by atoms with Gasteiger partial charge in [0.25, 0.3) is 0 Å². The molecule has 0 bridgehead atoms. The zero-order chi connectivity index (χ0) is 13.8. The van der Waals surface area contributed by atoms with E-state index in [1.165, 1.54) is 0 Å². The van der Waals surface area contributed by atoms with Crippen molar-refractivity contribution in [1.82, 2.24) is 9.80 Å². The standard InChI is InChI=1S/C13H22N2O4/c1-14(11-5-7-19-9-11)13(18)15-6-3-2-4-10(15)8-12(16)17/h10-11H,2-9H2,1H3,(H,16,17). The molecule has 2 rings (SSSR count). The van der Waals surface area contributed by atoms with Crippen LogP contribution in [0.25, 0.3) is 0 Å². The number of amides is 2. The largest absolute Gasteiger partial charge is 0.481 e. The summed E-state index contributed by atoms with van der Waals surface area (Å²) in [6.45, 7) is 1.94. The third kappa shape index (κ3) is 3.37. The van der Waals surface area contributed by atoms with Gasteiger partial charge in [-0.25, -0.2) is 4.79 Å². The monoisotopic (exact) mass is 270 g/mol. The average Bonchev–Trinajstić information content (AvgIpc) is 2.91. The smallest absolute Gasteiger partial charge is 0.320 e. The number of carboxylic acids is 1. The van der Waals surface area contributed by atoms with E-state index in [1.54, 1.807) is 16.8 Å². The lowest BCUT2D eigenvalue weighted by molar-refractivity contribution is -0.138. The summed E-state index contributed by atoms with van der Waals surface area (Å²) < 4.78 is 5.30. The predicted octanol–water partition coefficient (Wildman–Crippen LogP) is 1.16. The summed E-state index contributed by atoms with van der Waals surface area (Å²) in [5.41, 5.74) is 0. The van der Waals surface area contributed by atoms with Crippen molar-refractivity contribution in [1.29, 1.82) is 0 Å². The number of piperidine rings is 1. The molecule has 2 fully saturated rings. The van der Waals surface area contributed by atoms with Crippen molar-refractivity contribution in [3.63, 3.8) is 0 Å². The maximum absolute atomic E-state index is 12.5. The van der Waals surface area contributed by atoms with Crippen LogP contribution in [0.3, 0.4) is 0 Å². The molecule has 2 saturated heterocycles. The first-order valence-corrected chi connectivity index (χ1v) is 6.92. The predicted molar refractivity (Wildman–Crippen MR) is 69.0 cm³/mol. The molecule has 0 saturated carbocycles. The maximum Gasteiger partial charge on any atom is 0.320 e. The Hall–Kier alpha value is -1.30. The second-order valence-corrected chi connectivity index (χ2v) is 5.35. The van der Waals surface area contributed by atoms with Crippen molar-refractivity contribution < 1.29 is 19.4 Å². The van der Waals surface area contributed by atoms with Crippen LogP contribution in [0.5, 0.6) is 0 Å². The van der Waals surface area contributed by atoms with Crippen LogP contribution < -0.4 is 0 Å². The van der Waals surface area contributed by atoms with Gasteiger partial charge in [-0.1, -0.05) is 0 Å². The molecule has 2 aliphatic heterocycles. The van der Waals surface area contributed by atoms with E-state index in [4.69, 9.17) is 9.84 Å². The third-order valence-corrected chi connectivity index (χ3v) is 4.04. The van der Waals surface area contributed by atoms with Crippen LogP contribution >= 0.6 is 0 Å². The van der Waals surface area contributed by atoms with E-state index in [9.17, 15) is 9.59 Å². The van der Waals surface area contributed by atoms with Gasteiger partial charge in [-0.05, 0) is 25.7 Å². The highest BCUT2D eigenvalue weighted by Crippen LogP contribution is 2.22. The number of aliphatic carboxylic acids is 1. The number of likely N-dealkylation sites (N-methyl/N-ethyl adjacent to an activating group) is 1. The first kappa shape index (κ1) is 14.1. The number of likely N-dealkylation sites (tertiary alicyclic amines) is 1. The van der Waals surface area contributed by atoms with Crippen LogP contribution in [0.15, 0.2) is 0 Å². The Kier molecular flexibility index (Phi) is 4.63. The SMILES string of the molecule is CN(C(=O)N1CCCCC1CC(=O)O)C1CCOC1. The number of carbonyl (C=O) groups is 2. The third-order valence-electron chi connectivity index (χ3n) is 4.04. The number of hydrogen-bond acceptors (Lipinski definition) is 3. The molecule has 2 unspecified atom stereocenters. The zero-order valence-electron chi connectivity index (χ0n) is 11.4. The van der Waals surface area contributed by atoms with Gasteiger partial charge < -0.3 is 19.6 Å². The average molecular weight is 270 g/mol. The number of nitrogens with zero attached hydrogens (tertiary/aromatic N) is 2. The Morgan fingerprint density at radius 2 is 2.16 bits per heavy atom. The van der Waals surface area contributed by atoms with Gasteiger partial charge in [-0.15, -0.1) is 0 Å². The van der Waals surface area contributed by atoms with Gasteiger partial charge in [-0.2, -0.15) is 0 Å². The van der Waals surface area contributed by atoms with E-state index in [0.717, 1.165) is 25.7 Å². The zero-order valence-corrected chi connectivity index (χ0v) is 11.4. The van der Waals surface area contributed by atoms with Gasteiger partial charge in [0.1, 0.15) is 0 Å². The summed E-state index contributed by atoms with van der Waals surface area (Å²) >= 11 is 0. The summed E-state index contributed by atoms with van der Waals surface area (Å²) in [5, 5.41) is 8.94. The second-order valence-electron chi connectivity index (χ2n) is 5.35. The number of rotatable bonds is 3. The van der Waals surface area contributed by atoms with Gasteiger partial charge in [0.05, 0.1) is 19.1 Å². The molecule has 2 amide bonds. The molecule has 2 heterocycles. The van der Waals surface area contributed by atoms with E-state index in [1.807, 2.05) is 0 Å². The quantitative estimate of drug-likeness (QED) is 0.835. The molecular weight excluding hydrogens is 248 g/mol. The molecule has 0 aromatic rings. The number of urea groups is 1. The van der Waals surface area contributed by atoms with Crippen molar-refractivity contribution in [3.8, 4) is 0 Å². The van der Waals surface area contributed by atoms with Crippen LogP contribution in [-0.2, 0) is 9.53 Å². The molecule has 0 aromatic heterocycles. The topological polar surface area (TPSA) is 70.1 Å². The molecule has 2 aliphatic rings. The van der Waals surface area contributed by atoms with Gasteiger partial charge >= 0.3 is 12.0 Å². The Morgan fingerprint density at radius 1 is 1.37 bits per heavy atom. The van der Waals surface area contributed by atoms with Crippen molar-refractivity contribution in [2.75, 3.05) is 26.8 Å². The molecule has 6 heteroatoms. The molecule has 0 aromatic carbocycles. The van der Waals surface area contributed by atoms with Gasteiger partial charge in [0.15, 0.2) is 0 Å². The van der Waals surface area contributed by atoms with Crippen molar-refractivity contribution in [2.45, 2.75) is 44.2 Å². The highest BCUT2D eigenvalue weighted by Gasteiger charge is 2.33. The molecule has 19 heavy (non-hydrogen) atoms. The fourth-order valence-corrected chi connectivity index (χ4v) is 2.85. The number of hydrogen-bond donors (Lipinski definition) is 1. The van der Waals surface area contributed by atoms with E-state index >= 15 is 0 Å². The molecular formula is C13H22N2O4.